The van der Waals surface area contributed by atoms with E-state index >= 15 is 0 Å². The molecule has 1 amide bonds. The van der Waals surface area contributed by atoms with Crippen LogP contribution in [0.3, 0.4) is 0 Å². The van der Waals surface area contributed by atoms with Crippen molar-refractivity contribution in [1.82, 2.24) is 15.1 Å². The zero-order valence-electron chi connectivity index (χ0n) is 13.2. The number of rotatable bonds is 3. The van der Waals surface area contributed by atoms with Crippen LogP contribution in [0.25, 0.3) is 0 Å². The molecule has 2 rings (SSSR count). The normalized spacial score (nSPS) is 21.9. The molecule has 1 unspecified atom stereocenters. The van der Waals surface area contributed by atoms with Gasteiger partial charge in [0.2, 0.25) is 5.91 Å². The van der Waals surface area contributed by atoms with Crippen LogP contribution in [0.2, 0.25) is 0 Å². The lowest BCUT2D eigenvalue weighted by Crippen LogP contribution is -2.44. The van der Waals surface area contributed by atoms with Gasteiger partial charge >= 0.3 is 0 Å². The van der Waals surface area contributed by atoms with Gasteiger partial charge in [0.15, 0.2) is 5.82 Å². The summed E-state index contributed by atoms with van der Waals surface area (Å²) in [4.78, 5) is 17.2. The van der Waals surface area contributed by atoms with Gasteiger partial charge in [-0.25, -0.2) is 9.67 Å². The predicted molar refractivity (Wildman–Crippen MR) is 80.6 cm³/mol. The average molecular weight is 276 g/mol. The molecule has 0 saturated heterocycles. The molecule has 0 aliphatic carbocycles. The van der Waals surface area contributed by atoms with Crippen molar-refractivity contribution < 1.29 is 4.79 Å². The molecule has 5 heteroatoms. The molecule has 5 nitrogen and oxygen atoms in total. The minimum absolute atomic E-state index is 0.0232. The number of hydrogen-bond acceptors (Lipinski definition) is 3. The summed E-state index contributed by atoms with van der Waals surface area (Å²) in [6.07, 6.45) is 2.45. The zero-order valence-corrected chi connectivity index (χ0v) is 13.2. The Labute approximate surface area is 120 Å². The minimum Gasteiger partial charge on any atom is -0.358 e. The number of nitrogens with one attached hydrogen (secondary N) is 1. The largest absolute Gasteiger partial charge is 0.358 e. The van der Waals surface area contributed by atoms with E-state index in [4.69, 9.17) is 4.99 Å². The molecule has 1 aromatic rings. The smallest absolute Gasteiger partial charge is 0.230 e. The Morgan fingerprint density at radius 2 is 2.05 bits per heavy atom. The van der Waals surface area contributed by atoms with E-state index in [0.29, 0.717) is 12.3 Å². The summed E-state index contributed by atoms with van der Waals surface area (Å²) in [6, 6.07) is 0.225. The van der Waals surface area contributed by atoms with E-state index in [-0.39, 0.29) is 11.9 Å². The number of aromatic nitrogens is 2. The highest BCUT2D eigenvalue weighted by Gasteiger charge is 2.43. The second-order valence-corrected chi connectivity index (χ2v) is 6.27. The Bertz CT molecular complexity index is 556. The maximum Gasteiger partial charge on any atom is 0.230 e. The highest BCUT2D eigenvalue weighted by atomic mass is 16.2. The van der Waals surface area contributed by atoms with Crippen molar-refractivity contribution in [2.45, 2.75) is 52.5 Å². The van der Waals surface area contributed by atoms with Crippen LogP contribution in [-0.4, -0.2) is 28.4 Å². The highest BCUT2D eigenvalue weighted by Crippen LogP contribution is 2.41. The summed E-state index contributed by atoms with van der Waals surface area (Å²) in [7, 11) is 1.68. The molecular formula is C15H24N4O. The van der Waals surface area contributed by atoms with E-state index in [1.165, 1.54) is 0 Å². The van der Waals surface area contributed by atoms with Gasteiger partial charge in [-0.1, -0.05) is 13.8 Å². The van der Waals surface area contributed by atoms with Crippen LogP contribution in [-0.2, 0) is 10.2 Å². The molecule has 1 aliphatic heterocycles. The van der Waals surface area contributed by atoms with E-state index in [9.17, 15) is 4.79 Å². The molecule has 1 atom stereocenters. The standard InChI is InChI=1S/C15H24N4O/c1-9(2)12-7-15(5,14(20)16-6)11-8-17-19(10(3)4)13(11)18-12/h8-10H,7H2,1-6H3,(H,16,20). The van der Waals surface area contributed by atoms with Gasteiger partial charge in [-0.3, -0.25) is 4.79 Å². The molecule has 110 valence electrons. The lowest BCUT2D eigenvalue weighted by molar-refractivity contribution is -0.125. The van der Waals surface area contributed by atoms with Gasteiger partial charge in [0.25, 0.3) is 0 Å². The highest BCUT2D eigenvalue weighted by molar-refractivity contribution is 6.00. The Morgan fingerprint density at radius 3 is 2.55 bits per heavy atom. The first-order chi connectivity index (χ1) is 9.31. The van der Waals surface area contributed by atoms with E-state index < -0.39 is 5.41 Å². The third-order valence-electron chi connectivity index (χ3n) is 4.03. The summed E-state index contributed by atoms with van der Waals surface area (Å²) in [6.45, 7) is 10.4. The van der Waals surface area contributed by atoms with Crippen LogP contribution in [0.4, 0.5) is 5.82 Å². The topological polar surface area (TPSA) is 59.3 Å². The number of hydrogen-bond donors (Lipinski definition) is 1. The molecule has 1 aliphatic rings. The van der Waals surface area contributed by atoms with Crippen LogP contribution in [0.1, 0.15) is 52.6 Å². The quantitative estimate of drug-likeness (QED) is 0.922. The van der Waals surface area contributed by atoms with Gasteiger partial charge in [0, 0.05) is 30.8 Å². The number of carbonyl (C=O) groups excluding carboxylic acids is 1. The first-order valence-electron chi connectivity index (χ1n) is 7.19. The third-order valence-corrected chi connectivity index (χ3v) is 4.03. The van der Waals surface area contributed by atoms with Gasteiger partial charge < -0.3 is 5.32 Å². The second kappa shape index (κ2) is 5.04. The summed E-state index contributed by atoms with van der Waals surface area (Å²) in [5.74, 6) is 1.18. The Hall–Kier alpha value is -1.65. The van der Waals surface area contributed by atoms with Crippen LogP contribution >= 0.6 is 0 Å². The molecule has 1 N–H and O–H groups in total. The van der Waals surface area contributed by atoms with Crippen molar-refractivity contribution in [1.29, 1.82) is 0 Å². The first-order valence-corrected chi connectivity index (χ1v) is 7.19. The SMILES string of the molecule is CNC(=O)C1(C)CC(C(C)C)=Nc2c1cnn2C(C)C. The molecule has 0 saturated carbocycles. The molecule has 0 bridgehead atoms. The Kier molecular flexibility index (Phi) is 3.71. The lowest BCUT2D eigenvalue weighted by atomic mass is 9.74. The summed E-state index contributed by atoms with van der Waals surface area (Å²) >= 11 is 0. The first kappa shape index (κ1) is 14.8. The van der Waals surface area contributed by atoms with Crippen molar-refractivity contribution in [2.24, 2.45) is 10.9 Å². The van der Waals surface area contributed by atoms with Gasteiger partial charge in [0.05, 0.1) is 11.6 Å². The number of aliphatic imine (C=N–C) groups is 1. The van der Waals surface area contributed by atoms with E-state index in [0.717, 1.165) is 17.1 Å². The number of amides is 1. The molecule has 0 aromatic carbocycles. The van der Waals surface area contributed by atoms with Crippen molar-refractivity contribution in [3.05, 3.63) is 11.8 Å². The van der Waals surface area contributed by atoms with Gasteiger partial charge in [-0.05, 0) is 26.7 Å². The summed E-state index contributed by atoms with van der Waals surface area (Å²) in [5, 5.41) is 7.22. The summed E-state index contributed by atoms with van der Waals surface area (Å²) < 4.78 is 1.90. The molecule has 20 heavy (non-hydrogen) atoms. The Balaban J connectivity index is 2.63. The van der Waals surface area contributed by atoms with Gasteiger partial charge in [0.1, 0.15) is 0 Å². The van der Waals surface area contributed by atoms with Crippen molar-refractivity contribution in [3.63, 3.8) is 0 Å². The zero-order chi connectivity index (χ0) is 15.1. The molecule has 1 aromatic heterocycles. The number of fused-ring (bicyclic) bond motifs is 1. The average Bonchev–Trinajstić information content (AvgIpc) is 2.82. The van der Waals surface area contributed by atoms with E-state index in [1.54, 1.807) is 13.2 Å². The molecule has 2 heterocycles. The van der Waals surface area contributed by atoms with Crippen LogP contribution in [0, 0.1) is 5.92 Å². The number of nitrogens with zero attached hydrogens (tertiary/aromatic N) is 3. The van der Waals surface area contributed by atoms with E-state index in [2.05, 4.69) is 38.1 Å². The maximum absolute atomic E-state index is 12.4. The van der Waals surface area contributed by atoms with Crippen molar-refractivity contribution in [2.75, 3.05) is 7.05 Å². The van der Waals surface area contributed by atoms with Crippen molar-refractivity contribution >= 4 is 17.4 Å². The van der Waals surface area contributed by atoms with Crippen LogP contribution < -0.4 is 5.32 Å². The fourth-order valence-electron chi connectivity index (χ4n) is 2.68. The monoisotopic (exact) mass is 276 g/mol. The van der Waals surface area contributed by atoms with Crippen LogP contribution in [0.5, 0.6) is 0 Å². The predicted octanol–water partition coefficient (Wildman–Crippen LogP) is 2.60. The fraction of sp³-hybridized carbons (Fsp3) is 0.667. The second-order valence-electron chi connectivity index (χ2n) is 6.27. The molecular weight excluding hydrogens is 252 g/mol. The minimum atomic E-state index is -0.585. The van der Waals surface area contributed by atoms with Gasteiger partial charge in [-0.15, -0.1) is 0 Å². The lowest BCUT2D eigenvalue weighted by Gasteiger charge is -2.32. The molecule has 0 spiro atoms. The summed E-state index contributed by atoms with van der Waals surface area (Å²) in [5.41, 5.74) is 1.40. The number of likely N-dealkylation sites (N-methyl/N-ethyl adjacent to an activating group) is 1. The molecule has 0 fully saturated rings. The van der Waals surface area contributed by atoms with E-state index in [1.807, 2.05) is 11.6 Å². The maximum atomic E-state index is 12.4. The number of carbonyl (C=O) groups is 1. The van der Waals surface area contributed by atoms with Gasteiger partial charge in [-0.2, -0.15) is 5.10 Å². The Morgan fingerprint density at radius 1 is 1.40 bits per heavy atom. The fourth-order valence-corrected chi connectivity index (χ4v) is 2.68. The van der Waals surface area contributed by atoms with Crippen LogP contribution in [0.15, 0.2) is 11.2 Å². The van der Waals surface area contributed by atoms with Crippen molar-refractivity contribution in [3.8, 4) is 0 Å². The molecule has 0 radical (unpaired) electrons. The third kappa shape index (κ3) is 2.15.